The molecule has 0 saturated heterocycles. The lowest BCUT2D eigenvalue weighted by Crippen LogP contribution is -2.46. The summed E-state index contributed by atoms with van der Waals surface area (Å²) in [6.07, 6.45) is 5.01. The monoisotopic (exact) mass is 489 g/mol. The van der Waals surface area contributed by atoms with Crippen LogP contribution in [0.5, 0.6) is 0 Å². The number of ether oxygens (including phenoxy) is 2. The fraction of sp³-hybridized carbons (Fsp3) is 0.667. The van der Waals surface area contributed by atoms with Gasteiger partial charge in [-0.1, -0.05) is 30.7 Å². The zero-order valence-electron chi connectivity index (χ0n) is 17.1. The van der Waals surface area contributed by atoms with Gasteiger partial charge in [-0.15, -0.1) is 24.0 Å². The Kier molecular flexibility index (Phi) is 11.9. The van der Waals surface area contributed by atoms with Gasteiger partial charge in [0.15, 0.2) is 5.96 Å². The topological polar surface area (TPSA) is 54.9 Å². The maximum Gasteiger partial charge on any atom is 0.191 e. The number of benzene rings is 1. The molecule has 0 amide bonds. The second-order valence-corrected chi connectivity index (χ2v) is 7.10. The summed E-state index contributed by atoms with van der Waals surface area (Å²) in [7, 11) is 1.78. The van der Waals surface area contributed by atoms with Crippen LogP contribution < -0.4 is 10.6 Å². The molecule has 154 valence electrons. The third kappa shape index (κ3) is 8.35. The highest BCUT2D eigenvalue weighted by Crippen LogP contribution is 2.43. The SMILES string of the molecule is CCNC(=NCc1ccc(COCC)cc1)NCC1(CCOC)CCC1.I. The van der Waals surface area contributed by atoms with E-state index in [2.05, 4.69) is 41.8 Å². The molecule has 1 aromatic carbocycles. The third-order valence-corrected chi connectivity index (χ3v) is 5.14. The van der Waals surface area contributed by atoms with Crippen LogP contribution in [0.2, 0.25) is 0 Å². The maximum absolute atomic E-state index is 5.44. The van der Waals surface area contributed by atoms with Crippen LogP contribution in [0.3, 0.4) is 0 Å². The molecule has 0 atom stereocenters. The first-order chi connectivity index (χ1) is 12.7. The Morgan fingerprint density at radius 1 is 1.11 bits per heavy atom. The number of aliphatic imine (C=N–C) groups is 1. The summed E-state index contributed by atoms with van der Waals surface area (Å²) in [4.78, 5) is 4.75. The van der Waals surface area contributed by atoms with Crippen molar-refractivity contribution in [1.82, 2.24) is 10.6 Å². The molecule has 1 aliphatic rings. The lowest BCUT2D eigenvalue weighted by molar-refractivity contribution is 0.0732. The van der Waals surface area contributed by atoms with Crippen LogP contribution in [0.15, 0.2) is 29.3 Å². The highest BCUT2D eigenvalue weighted by molar-refractivity contribution is 14.0. The quantitative estimate of drug-likeness (QED) is 0.279. The van der Waals surface area contributed by atoms with Crippen LogP contribution in [-0.2, 0) is 22.6 Å². The molecule has 0 aromatic heterocycles. The van der Waals surface area contributed by atoms with Crippen molar-refractivity contribution in [3.05, 3.63) is 35.4 Å². The highest BCUT2D eigenvalue weighted by atomic mass is 127. The molecule has 6 heteroatoms. The smallest absolute Gasteiger partial charge is 0.191 e. The molecule has 27 heavy (non-hydrogen) atoms. The van der Waals surface area contributed by atoms with Gasteiger partial charge in [-0.25, -0.2) is 4.99 Å². The number of nitrogens with zero attached hydrogens (tertiary/aromatic N) is 1. The van der Waals surface area contributed by atoms with E-state index in [1.54, 1.807) is 7.11 Å². The Morgan fingerprint density at radius 3 is 2.37 bits per heavy atom. The maximum atomic E-state index is 5.44. The standard InChI is InChI=1S/C21H35N3O2.HI/c1-4-22-20(24-17-21(11-6-12-21)13-14-25-3)23-15-18-7-9-19(10-8-18)16-26-5-2;/h7-10H,4-6,11-17H2,1-3H3,(H2,22,23,24);1H. The van der Waals surface area contributed by atoms with Crippen molar-refractivity contribution >= 4 is 29.9 Å². The van der Waals surface area contributed by atoms with Crippen molar-refractivity contribution in [3.63, 3.8) is 0 Å². The zero-order valence-corrected chi connectivity index (χ0v) is 19.4. The minimum Gasteiger partial charge on any atom is -0.385 e. The van der Waals surface area contributed by atoms with E-state index in [-0.39, 0.29) is 24.0 Å². The summed E-state index contributed by atoms with van der Waals surface area (Å²) in [5, 5.41) is 6.90. The van der Waals surface area contributed by atoms with Gasteiger partial charge < -0.3 is 20.1 Å². The number of halogens is 1. The Labute approximate surface area is 181 Å². The van der Waals surface area contributed by atoms with E-state index in [9.17, 15) is 0 Å². The van der Waals surface area contributed by atoms with Gasteiger partial charge in [0.1, 0.15) is 0 Å². The Morgan fingerprint density at radius 2 is 1.81 bits per heavy atom. The number of methoxy groups -OCH3 is 1. The van der Waals surface area contributed by atoms with Crippen molar-refractivity contribution in [3.8, 4) is 0 Å². The fourth-order valence-electron chi connectivity index (χ4n) is 3.25. The first-order valence-corrected chi connectivity index (χ1v) is 9.88. The Bertz CT molecular complexity index is 545. The van der Waals surface area contributed by atoms with Gasteiger partial charge in [0, 0.05) is 33.4 Å². The van der Waals surface area contributed by atoms with Gasteiger partial charge >= 0.3 is 0 Å². The van der Waals surface area contributed by atoms with E-state index >= 15 is 0 Å². The van der Waals surface area contributed by atoms with Gasteiger partial charge in [-0.3, -0.25) is 0 Å². The summed E-state index contributed by atoms with van der Waals surface area (Å²) >= 11 is 0. The minimum atomic E-state index is 0. The zero-order chi connectivity index (χ0) is 18.7. The third-order valence-electron chi connectivity index (χ3n) is 5.14. The molecule has 1 aliphatic carbocycles. The summed E-state index contributed by atoms with van der Waals surface area (Å²) in [5.41, 5.74) is 2.79. The first kappa shape index (κ1) is 24.2. The molecule has 0 bridgehead atoms. The normalized spacial score (nSPS) is 15.6. The van der Waals surface area contributed by atoms with E-state index in [0.29, 0.717) is 18.6 Å². The lowest BCUT2D eigenvalue weighted by atomic mass is 9.67. The van der Waals surface area contributed by atoms with Crippen molar-refractivity contribution < 1.29 is 9.47 Å². The Balaban J connectivity index is 0.00000364. The second kappa shape index (κ2) is 13.3. The summed E-state index contributed by atoms with van der Waals surface area (Å²) in [6.45, 7) is 8.88. The lowest BCUT2D eigenvalue weighted by Gasteiger charge is -2.42. The van der Waals surface area contributed by atoms with Crippen LogP contribution in [0.25, 0.3) is 0 Å². The van der Waals surface area contributed by atoms with Crippen LogP contribution in [0.1, 0.15) is 50.7 Å². The van der Waals surface area contributed by atoms with E-state index in [1.165, 1.54) is 30.4 Å². The predicted octanol–water partition coefficient (Wildman–Crippen LogP) is 4.10. The van der Waals surface area contributed by atoms with Crippen molar-refractivity contribution in [2.75, 3.05) is 33.4 Å². The van der Waals surface area contributed by atoms with Gasteiger partial charge in [0.25, 0.3) is 0 Å². The van der Waals surface area contributed by atoms with Crippen molar-refractivity contribution in [2.45, 2.75) is 52.7 Å². The molecular formula is C21H36IN3O2. The molecule has 0 spiro atoms. The van der Waals surface area contributed by atoms with Gasteiger partial charge in [-0.05, 0) is 49.7 Å². The molecule has 0 radical (unpaired) electrons. The van der Waals surface area contributed by atoms with Crippen LogP contribution in [-0.4, -0.2) is 39.4 Å². The average Bonchev–Trinajstić information content (AvgIpc) is 2.64. The number of rotatable bonds is 11. The molecule has 5 nitrogen and oxygen atoms in total. The highest BCUT2D eigenvalue weighted by Gasteiger charge is 2.36. The molecule has 1 aromatic rings. The number of guanidine groups is 1. The molecule has 1 fully saturated rings. The summed E-state index contributed by atoms with van der Waals surface area (Å²) in [5.74, 6) is 0.898. The minimum absolute atomic E-state index is 0. The van der Waals surface area contributed by atoms with E-state index < -0.39 is 0 Å². The van der Waals surface area contributed by atoms with Crippen molar-refractivity contribution in [1.29, 1.82) is 0 Å². The molecule has 0 heterocycles. The summed E-state index contributed by atoms with van der Waals surface area (Å²) in [6, 6.07) is 8.50. The average molecular weight is 489 g/mol. The van der Waals surface area contributed by atoms with Gasteiger partial charge in [0.2, 0.25) is 0 Å². The van der Waals surface area contributed by atoms with Gasteiger partial charge in [0.05, 0.1) is 13.2 Å². The van der Waals surface area contributed by atoms with Crippen molar-refractivity contribution in [2.24, 2.45) is 10.4 Å². The molecular weight excluding hydrogens is 453 g/mol. The van der Waals surface area contributed by atoms with E-state index in [0.717, 1.165) is 38.7 Å². The predicted molar refractivity (Wildman–Crippen MR) is 123 cm³/mol. The fourth-order valence-corrected chi connectivity index (χ4v) is 3.25. The van der Waals surface area contributed by atoms with E-state index in [1.807, 2.05) is 6.92 Å². The number of hydrogen-bond donors (Lipinski definition) is 2. The molecule has 2 N–H and O–H groups in total. The van der Waals surface area contributed by atoms with Crippen LogP contribution >= 0.6 is 24.0 Å². The largest absolute Gasteiger partial charge is 0.385 e. The van der Waals surface area contributed by atoms with Crippen LogP contribution in [0, 0.1) is 5.41 Å². The second-order valence-electron chi connectivity index (χ2n) is 7.10. The summed E-state index contributed by atoms with van der Waals surface area (Å²) < 4.78 is 10.7. The molecule has 0 unspecified atom stereocenters. The number of hydrogen-bond acceptors (Lipinski definition) is 3. The van der Waals surface area contributed by atoms with Gasteiger partial charge in [-0.2, -0.15) is 0 Å². The first-order valence-electron chi connectivity index (χ1n) is 9.88. The molecule has 2 rings (SSSR count). The Hall–Kier alpha value is -0.860. The molecule has 1 saturated carbocycles. The molecule has 0 aliphatic heterocycles. The van der Waals surface area contributed by atoms with E-state index in [4.69, 9.17) is 14.5 Å². The van der Waals surface area contributed by atoms with Crippen LogP contribution in [0.4, 0.5) is 0 Å². The number of nitrogens with one attached hydrogen (secondary N) is 2.